The number of fused-ring (bicyclic) bond motifs is 1. The van der Waals surface area contributed by atoms with Crippen LogP contribution in [0.2, 0.25) is 0 Å². The highest BCUT2D eigenvalue weighted by molar-refractivity contribution is 5.79. The molecule has 0 bridgehead atoms. The van der Waals surface area contributed by atoms with Gasteiger partial charge in [-0.05, 0) is 36.2 Å². The zero-order chi connectivity index (χ0) is 14.3. The molecule has 3 rings (SSSR count). The van der Waals surface area contributed by atoms with Crippen molar-refractivity contribution in [2.45, 2.75) is 13.5 Å². The maximum atomic E-state index is 13.5. The predicted octanol–water partition coefficient (Wildman–Crippen LogP) is 3.25. The number of anilines is 1. The Morgan fingerprint density at radius 2 is 2.00 bits per heavy atom. The van der Waals surface area contributed by atoms with Crippen LogP contribution in [-0.4, -0.2) is 9.55 Å². The van der Waals surface area contributed by atoms with E-state index < -0.39 is 0 Å². The zero-order valence-electron chi connectivity index (χ0n) is 10.9. The second-order valence-electron chi connectivity index (χ2n) is 4.78. The molecule has 0 saturated carbocycles. The molecule has 0 aliphatic carbocycles. The molecule has 3 nitrogen and oxygen atoms in total. The Hall–Kier alpha value is -2.43. The third-order valence-corrected chi connectivity index (χ3v) is 3.29. The standard InChI is InChI=1S/C15H13F2N3/c1-9-5-14-13(7-12(9)17)19-15(18)20(14)8-10-3-2-4-11(16)6-10/h2-7H,8H2,1H3,(H2,18,19). The van der Waals surface area contributed by atoms with Gasteiger partial charge < -0.3 is 10.3 Å². The summed E-state index contributed by atoms with van der Waals surface area (Å²) in [6.07, 6.45) is 0. The van der Waals surface area contributed by atoms with Gasteiger partial charge in [0.1, 0.15) is 11.6 Å². The molecule has 0 atom stereocenters. The number of nitrogen functional groups attached to an aromatic ring is 1. The summed E-state index contributed by atoms with van der Waals surface area (Å²) < 4.78 is 28.5. The van der Waals surface area contributed by atoms with Gasteiger partial charge in [-0.3, -0.25) is 0 Å². The normalized spacial score (nSPS) is 11.2. The van der Waals surface area contributed by atoms with Crippen molar-refractivity contribution in [2.75, 3.05) is 5.73 Å². The Morgan fingerprint density at radius 3 is 2.75 bits per heavy atom. The minimum Gasteiger partial charge on any atom is -0.369 e. The van der Waals surface area contributed by atoms with Gasteiger partial charge in [0.2, 0.25) is 5.95 Å². The summed E-state index contributed by atoms with van der Waals surface area (Å²) in [7, 11) is 0. The van der Waals surface area contributed by atoms with Crippen LogP contribution in [0.4, 0.5) is 14.7 Å². The van der Waals surface area contributed by atoms with E-state index in [0.717, 1.165) is 11.1 Å². The Balaban J connectivity index is 2.11. The lowest BCUT2D eigenvalue weighted by atomic mass is 10.2. The first kappa shape index (κ1) is 12.6. The van der Waals surface area contributed by atoms with Gasteiger partial charge in [0.15, 0.2) is 0 Å². The molecule has 20 heavy (non-hydrogen) atoms. The summed E-state index contributed by atoms with van der Waals surface area (Å²) >= 11 is 0. The molecule has 0 aliphatic rings. The molecule has 0 amide bonds. The van der Waals surface area contributed by atoms with Crippen LogP contribution in [0.1, 0.15) is 11.1 Å². The quantitative estimate of drug-likeness (QED) is 0.779. The zero-order valence-corrected chi connectivity index (χ0v) is 10.9. The highest BCUT2D eigenvalue weighted by atomic mass is 19.1. The molecule has 2 N–H and O–H groups in total. The van der Waals surface area contributed by atoms with E-state index in [0.29, 0.717) is 17.6 Å². The molecule has 3 aromatic rings. The third kappa shape index (κ3) is 2.11. The van der Waals surface area contributed by atoms with Gasteiger partial charge in [-0.15, -0.1) is 0 Å². The predicted molar refractivity (Wildman–Crippen MR) is 74.3 cm³/mol. The molecule has 1 heterocycles. The molecular formula is C15H13F2N3. The number of aryl methyl sites for hydroxylation is 1. The number of benzene rings is 2. The first-order valence-corrected chi connectivity index (χ1v) is 6.21. The Labute approximate surface area is 114 Å². The minimum atomic E-state index is -0.312. The van der Waals surface area contributed by atoms with E-state index in [-0.39, 0.29) is 17.6 Å². The van der Waals surface area contributed by atoms with E-state index in [4.69, 9.17) is 5.73 Å². The van der Waals surface area contributed by atoms with Crippen LogP contribution in [0, 0.1) is 18.6 Å². The number of halogens is 2. The molecule has 2 aromatic carbocycles. The van der Waals surface area contributed by atoms with Gasteiger partial charge in [0, 0.05) is 6.07 Å². The van der Waals surface area contributed by atoms with E-state index in [9.17, 15) is 8.78 Å². The van der Waals surface area contributed by atoms with Crippen LogP contribution in [0.15, 0.2) is 36.4 Å². The molecule has 0 fully saturated rings. The number of nitrogens with zero attached hydrogens (tertiary/aromatic N) is 2. The Morgan fingerprint density at radius 1 is 1.20 bits per heavy atom. The second kappa shape index (κ2) is 4.59. The lowest BCUT2D eigenvalue weighted by Gasteiger charge is -2.07. The van der Waals surface area contributed by atoms with Gasteiger partial charge in [-0.25, -0.2) is 13.8 Å². The van der Waals surface area contributed by atoms with E-state index in [1.165, 1.54) is 18.2 Å². The van der Waals surface area contributed by atoms with Crippen molar-refractivity contribution in [3.63, 3.8) is 0 Å². The average Bonchev–Trinajstić information content (AvgIpc) is 2.67. The molecule has 0 aliphatic heterocycles. The highest BCUT2D eigenvalue weighted by Gasteiger charge is 2.11. The number of imidazole rings is 1. The van der Waals surface area contributed by atoms with E-state index in [2.05, 4.69) is 4.98 Å². The van der Waals surface area contributed by atoms with Gasteiger partial charge in [0.05, 0.1) is 17.6 Å². The first-order chi connectivity index (χ1) is 9.54. The average molecular weight is 273 g/mol. The van der Waals surface area contributed by atoms with Crippen molar-refractivity contribution in [3.05, 3.63) is 59.2 Å². The summed E-state index contributed by atoms with van der Waals surface area (Å²) in [5.41, 5.74) is 8.42. The topological polar surface area (TPSA) is 43.8 Å². The summed E-state index contributed by atoms with van der Waals surface area (Å²) in [6.45, 7) is 2.08. The van der Waals surface area contributed by atoms with Crippen molar-refractivity contribution < 1.29 is 8.78 Å². The summed E-state index contributed by atoms with van der Waals surface area (Å²) in [4.78, 5) is 4.14. The van der Waals surface area contributed by atoms with Crippen LogP contribution in [0.3, 0.4) is 0 Å². The van der Waals surface area contributed by atoms with Gasteiger partial charge in [-0.1, -0.05) is 12.1 Å². The van der Waals surface area contributed by atoms with Crippen molar-refractivity contribution in [2.24, 2.45) is 0 Å². The Kier molecular flexibility index (Phi) is 2.89. The molecule has 0 radical (unpaired) electrons. The molecule has 5 heteroatoms. The van der Waals surface area contributed by atoms with Crippen molar-refractivity contribution >= 4 is 17.0 Å². The van der Waals surface area contributed by atoms with Gasteiger partial charge in [-0.2, -0.15) is 0 Å². The summed E-state index contributed by atoms with van der Waals surface area (Å²) in [6, 6.07) is 9.35. The number of aromatic nitrogens is 2. The second-order valence-corrected chi connectivity index (χ2v) is 4.78. The lowest BCUT2D eigenvalue weighted by Crippen LogP contribution is -2.04. The summed E-state index contributed by atoms with van der Waals surface area (Å²) in [5, 5.41) is 0. The van der Waals surface area contributed by atoms with Crippen LogP contribution in [0.25, 0.3) is 11.0 Å². The Bertz CT molecular complexity index is 793. The number of rotatable bonds is 2. The maximum absolute atomic E-state index is 13.5. The number of nitrogens with two attached hydrogens (primary N) is 1. The monoisotopic (exact) mass is 273 g/mol. The molecule has 0 unspecified atom stereocenters. The third-order valence-electron chi connectivity index (χ3n) is 3.29. The van der Waals surface area contributed by atoms with Gasteiger partial charge in [0.25, 0.3) is 0 Å². The van der Waals surface area contributed by atoms with Crippen molar-refractivity contribution in [1.29, 1.82) is 0 Å². The highest BCUT2D eigenvalue weighted by Crippen LogP contribution is 2.22. The molecule has 1 aromatic heterocycles. The van der Waals surface area contributed by atoms with Crippen LogP contribution in [0.5, 0.6) is 0 Å². The number of hydrogen-bond donors (Lipinski definition) is 1. The van der Waals surface area contributed by atoms with E-state index in [1.807, 2.05) is 6.07 Å². The van der Waals surface area contributed by atoms with Crippen LogP contribution >= 0.6 is 0 Å². The summed E-state index contributed by atoms with van der Waals surface area (Å²) in [5.74, 6) is -0.324. The smallest absolute Gasteiger partial charge is 0.201 e. The molecule has 102 valence electrons. The molecular weight excluding hydrogens is 260 g/mol. The fraction of sp³-hybridized carbons (Fsp3) is 0.133. The van der Waals surface area contributed by atoms with Crippen molar-refractivity contribution in [3.8, 4) is 0 Å². The van der Waals surface area contributed by atoms with Gasteiger partial charge >= 0.3 is 0 Å². The molecule has 0 spiro atoms. The van der Waals surface area contributed by atoms with E-state index in [1.54, 1.807) is 23.6 Å². The fourth-order valence-electron chi connectivity index (χ4n) is 2.25. The van der Waals surface area contributed by atoms with Crippen LogP contribution < -0.4 is 5.73 Å². The lowest BCUT2D eigenvalue weighted by molar-refractivity contribution is 0.620. The largest absolute Gasteiger partial charge is 0.369 e. The maximum Gasteiger partial charge on any atom is 0.201 e. The number of hydrogen-bond acceptors (Lipinski definition) is 2. The van der Waals surface area contributed by atoms with E-state index >= 15 is 0 Å². The fourth-order valence-corrected chi connectivity index (χ4v) is 2.25. The van der Waals surface area contributed by atoms with Crippen molar-refractivity contribution in [1.82, 2.24) is 9.55 Å². The SMILES string of the molecule is Cc1cc2c(cc1F)nc(N)n2Cc1cccc(F)c1. The minimum absolute atomic E-state index is 0.286. The first-order valence-electron chi connectivity index (χ1n) is 6.21. The van der Waals surface area contributed by atoms with Crippen LogP contribution in [-0.2, 0) is 6.54 Å². The molecule has 0 saturated heterocycles.